The van der Waals surface area contributed by atoms with Crippen LogP contribution in [0, 0.1) is 11.6 Å². The van der Waals surface area contributed by atoms with Crippen molar-refractivity contribution in [2.75, 3.05) is 0 Å². The van der Waals surface area contributed by atoms with E-state index in [0.717, 1.165) is 18.4 Å². The first-order valence-corrected chi connectivity index (χ1v) is 7.89. The van der Waals surface area contributed by atoms with Gasteiger partial charge in [0.15, 0.2) is 0 Å². The van der Waals surface area contributed by atoms with E-state index in [1.807, 2.05) is 6.07 Å². The number of halogens is 2. The van der Waals surface area contributed by atoms with Crippen LogP contribution in [0.3, 0.4) is 0 Å². The maximum absolute atomic E-state index is 13.6. The van der Waals surface area contributed by atoms with Gasteiger partial charge in [-0.2, -0.15) is 0 Å². The van der Waals surface area contributed by atoms with Crippen LogP contribution in [-0.2, 0) is 16.8 Å². The predicted octanol–water partition coefficient (Wildman–Crippen LogP) is 4.09. The van der Waals surface area contributed by atoms with E-state index in [0.29, 0.717) is 18.4 Å². The summed E-state index contributed by atoms with van der Waals surface area (Å²) < 4.78 is 26.8. The minimum atomic E-state index is -0.671. The average Bonchev–Trinajstić information content (AvgIpc) is 3.04. The van der Waals surface area contributed by atoms with Gasteiger partial charge in [-0.3, -0.25) is 4.79 Å². The smallest absolute Gasteiger partial charge is 0.230 e. The van der Waals surface area contributed by atoms with E-state index in [4.69, 9.17) is 0 Å². The van der Waals surface area contributed by atoms with Gasteiger partial charge in [0.1, 0.15) is 11.6 Å². The highest BCUT2D eigenvalue weighted by Gasteiger charge is 2.42. The SMILES string of the molecule is O=C(NCc1cccc(F)c1)C1(c2cccc(F)c2)CCCC1. The van der Waals surface area contributed by atoms with Gasteiger partial charge in [-0.05, 0) is 48.2 Å². The Balaban J connectivity index is 1.79. The van der Waals surface area contributed by atoms with E-state index in [1.165, 1.54) is 24.3 Å². The van der Waals surface area contributed by atoms with Crippen LogP contribution in [0.15, 0.2) is 48.5 Å². The monoisotopic (exact) mass is 315 g/mol. The molecule has 2 aromatic carbocycles. The first-order chi connectivity index (χ1) is 11.1. The number of hydrogen-bond donors (Lipinski definition) is 1. The van der Waals surface area contributed by atoms with Crippen LogP contribution >= 0.6 is 0 Å². The topological polar surface area (TPSA) is 29.1 Å². The Kier molecular flexibility index (Phi) is 4.42. The molecule has 0 heterocycles. The first-order valence-electron chi connectivity index (χ1n) is 7.89. The molecule has 23 heavy (non-hydrogen) atoms. The molecule has 0 radical (unpaired) electrons. The molecule has 1 aliphatic rings. The van der Waals surface area contributed by atoms with Crippen molar-refractivity contribution in [2.24, 2.45) is 0 Å². The normalized spacial score (nSPS) is 16.3. The lowest BCUT2D eigenvalue weighted by molar-refractivity contribution is -0.126. The van der Waals surface area contributed by atoms with E-state index in [1.54, 1.807) is 18.2 Å². The minimum absolute atomic E-state index is 0.107. The van der Waals surface area contributed by atoms with Crippen LogP contribution in [0.2, 0.25) is 0 Å². The number of carbonyl (C=O) groups excluding carboxylic acids is 1. The molecule has 0 aromatic heterocycles. The number of rotatable bonds is 4. The van der Waals surface area contributed by atoms with E-state index >= 15 is 0 Å². The molecule has 4 heteroatoms. The number of nitrogens with one attached hydrogen (secondary N) is 1. The first kappa shape index (κ1) is 15.7. The van der Waals surface area contributed by atoms with Crippen LogP contribution in [-0.4, -0.2) is 5.91 Å². The molecule has 2 aromatic rings. The van der Waals surface area contributed by atoms with Crippen molar-refractivity contribution in [1.29, 1.82) is 0 Å². The van der Waals surface area contributed by atoms with Gasteiger partial charge in [0.05, 0.1) is 5.41 Å². The van der Waals surface area contributed by atoms with Crippen molar-refractivity contribution in [2.45, 2.75) is 37.6 Å². The van der Waals surface area contributed by atoms with E-state index in [9.17, 15) is 13.6 Å². The maximum atomic E-state index is 13.6. The molecule has 0 bridgehead atoms. The fourth-order valence-corrected chi connectivity index (χ4v) is 3.41. The third-order valence-electron chi connectivity index (χ3n) is 4.61. The Morgan fingerprint density at radius 2 is 1.65 bits per heavy atom. The third-order valence-corrected chi connectivity index (χ3v) is 4.61. The molecule has 0 atom stereocenters. The Morgan fingerprint density at radius 3 is 2.30 bits per heavy atom. The highest BCUT2D eigenvalue weighted by molar-refractivity contribution is 5.88. The Labute approximate surface area is 134 Å². The van der Waals surface area contributed by atoms with Crippen LogP contribution < -0.4 is 5.32 Å². The van der Waals surface area contributed by atoms with Crippen molar-refractivity contribution >= 4 is 5.91 Å². The molecular formula is C19H19F2NO. The van der Waals surface area contributed by atoms with Crippen molar-refractivity contribution in [3.63, 3.8) is 0 Å². The van der Waals surface area contributed by atoms with Gasteiger partial charge < -0.3 is 5.32 Å². The second-order valence-electron chi connectivity index (χ2n) is 6.11. The highest BCUT2D eigenvalue weighted by atomic mass is 19.1. The van der Waals surface area contributed by atoms with Crippen LogP contribution in [0.5, 0.6) is 0 Å². The summed E-state index contributed by atoms with van der Waals surface area (Å²) >= 11 is 0. The lowest BCUT2D eigenvalue weighted by Crippen LogP contribution is -2.42. The fourth-order valence-electron chi connectivity index (χ4n) is 3.41. The molecule has 0 spiro atoms. The Morgan fingerprint density at radius 1 is 1.00 bits per heavy atom. The molecule has 1 aliphatic carbocycles. The summed E-state index contributed by atoms with van der Waals surface area (Å²) in [6.45, 7) is 0.271. The lowest BCUT2D eigenvalue weighted by Gasteiger charge is -2.28. The van der Waals surface area contributed by atoms with Gasteiger partial charge in [0.25, 0.3) is 0 Å². The summed E-state index contributed by atoms with van der Waals surface area (Å²) in [4.78, 5) is 12.8. The molecule has 1 fully saturated rings. The number of benzene rings is 2. The number of amides is 1. The molecule has 0 aliphatic heterocycles. The van der Waals surface area contributed by atoms with Gasteiger partial charge in [-0.15, -0.1) is 0 Å². The van der Waals surface area contributed by atoms with Crippen LogP contribution in [0.1, 0.15) is 36.8 Å². The Bertz CT molecular complexity index is 708. The van der Waals surface area contributed by atoms with Gasteiger partial charge in [-0.25, -0.2) is 8.78 Å². The van der Waals surface area contributed by atoms with Crippen molar-refractivity contribution in [3.05, 3.63) is 71.3 Å². The van der Waals surface area contributed by atoms with Crippen LogP contribution in [0.25, 0.3) is 0 Å². The zero-order valence-electron chi connectivity index (χ0n) is 12.8. The van der Waals surface area contributed by atoms with Crippen molar-refractivity contribution in [3.8, 4) is 0 Å². The number of carbonyl (C=O) groups is 1. The largest absolute Gasteiger partial charge is 0.351 e. The summed E-state index contributed by atoms with van der Waals surface area (Å²) in [5.41, 5.74) is 0.771. The zero-order valence-corrected chi connectivity index (χ0v) is 12.8. The summed E-state index contributed by atoms with van der Waals surface area (Å²) in [7, 11) is 0. The molecule has 0 unspecified atom stereocenters. The van der Waals surface area contributed by atoms with Gasteiger partial charge in [-0.1, -0.05) is 37.1 Å². The number of hydrogen-bond acceptors (Lipinski definition) is 1. The standard InChI is InChI=1S/C19H19F2NO/c20-16-7-3-5-14(11-16)13-22-18(23)19(9-1-2-10-19)15-6-4-8-17(21)12-15/h3-8,11-12H,1-2,9-10,13H2,(H,22,23). The highest BCUT2D eigenvalue weighted by Crippen LogP contribution is 2.41. The summed E-state index contributed by atoms with van der Waals surface area (Å²) in [6.07, 6.45) is 3.32. The van der Waals surface area contributed by atoms with Gasteiger partial charge >= 0.3 is 0 Å². The fraction of sp³-hybridized carbons (Fsp3) is 0.316. The molecule has 2 nitrogen and oxygen atoms in total. The van der Waals surface area contributed by atoms with Crippen molar-refractivity contribution in [1.82, 2.24) is 5.32 Å². The predicted molar refractivity (Wildman–Crippen MR) is 84.8 cm³/mol. The summed E-state index contributed by atoms with van der Waals surface area (Å²) in [5, 5.41) is 2.90. The van der Waals surface area contributed by atoms with Gasteiger partial charge in [0, 0.05) is 6.54 Å². The summed E-state index contributed by atoms with van der Waals surface area (Å²) in [6, 6.07) is 12.5. The molecular weight excluding hydrogens is 296 g/mol. The van der Waals surface area contributed by atoms with Crippen LogP contribution in [0.4, 0.5) is 8.78 Å². The third kappa shape index (κ3) is 3.26. The molecule has 0 saturated heterocycles. The lowest BCUT2D eigenvalue weighted by atomic mass is 9.78. The Hall–Kier alpha value is -2.23. The molecule has 120 valence electrons. The molecule has 1 amide bonds. The molecule has 1 N–H and O–H groups in total. The van der Waals surface area contributed by atoms with E-state index < -0.39 is 5.41 Å². The summed E-state index contributed by atoms with van der Waals surface area (Å²) in [5.74, 6) is -0.756. The van der Waals surface area contributed by atoms with E-state index in [2.05, 4.69) is 5.32 Å². The second kappa shape index (κ2) is 6.49. The molecule has 1 saturated carbocycles. The molecule has 3 rings (SSSR count). The maximum Gasteiger partial charge on any atom is 0.230 e. The van der Waals surface area contributed by atoms with E-state index in [-0.39, 0.29) is 24.1 Å². The van der Waals surface area contributed by atoms with Gasteiger partial charge in [0.2, 0.25) is 5.91 Å². The quantitative estimate of drug-likeness (QED) is 0.904. The second-order valence-corrected chi connectivity index (χ2v) is 6.11. The minimum Gasteiger partial charge on any atom is -0.351 e. The zero-order chi connectivity index (χ0) is 16.3. The average molecular weight is 315 g/mol. The van der Waals surface area contributed by atoms with Crippen molar-refractivity contribution < 1.29 is 13.6 Å².